The molecule has 0 radical (unpaired) electrons. The summed E-state index contributed by atoms with van der Waals surface area (Å²) in [6, 6.07) is 3.51. The van der Waals surface area contributed by atoms with Crippen molar-refractivity contribution in [3.05, 3.63) is 34.9 Å². The van der Waals surface area contributed by atoms with Gasteiger partial charge in [-0.15, -0.1) is 0 Å². The van der Waals surface area contributed by atoms with E-state index >= 15 is 0 Å². The van der Waals surface area contributed by atoms with Crippen LogP contribution in [0, 0.1) is 13.8 Å². The molecule has 4 amide bonds. The number of carbonyl (C=O) groups is 4. The van der Waals surface area contributed by atoms with Crippen LogP contribution >= 0.6 is 0 Å². The lowest BCUT2D eigenvalue weighted by molar-refractivity contribution is -0.145. The van der Waals surface area contributed by atoms with E-state index in [0.29, 0.717) is 6.42 Å². The zero-order chi connectivity index (χ0) is 29.3. The zero-order valence-electron chi connectivity index (χ0n) is 24.8. The number of primary amides is 1. The molecule has 0 heterocycles. The van der Waals surface area contributed by atoms with Crippen LogP contribution in [0.2, 0.25) is 0 Å². The van der Waals surface area contributed by atoms with Crippen molar-refractivity contribution in [1.29, 1.82) is 0 Å². The average molecular weight is 545 g/mol. The number of nitrogens with one attached hydrogen (secondary N) is 2. The molecule has 1 aromatic rings. The van der Waals surface area contributed by atoms with Crippen molar-refractivity contribution in [2.45, 2.75) is 130 Å². The molecule has 4 N–H and O–H groups in total. The van der Waals surface area contributed by atoms with Crippen molar-refractivity contribution in [3.8, 4) is 0 Å². The summed E-state index contributed by atoms with van der Waals surface area (Å²) in [7, 11) is 0. The second-order valence-electron chi connectivity index (χ2n) is 11.8. The van der Waals surface area contributed by atoms with Crippen molar-refractivity contribution in [3.63, 3.8) is 0 Å². The van der Waals surface area contributed by atoms with Crippen LogP contribution in [0.4, 0.5) is 4.79 Å². The summed E-state index contributed by atoms with van der Waals surface area (Å²) in [5.74, 6) is -1.28. The minimum absolute atomic E-state index is 0.00986. The van der Waals surface area contributed by atoms with Crippen LogP contribution in [0.1, 0.15) is 109 Å². The number of ether oxygens (including phenoxy) is 1. The van der Waals surface area contributed by atoms with E-state index in [-0.39, 0.29) is 30.8 Å². The van der Waals surface area contributed by atoms with Gasteiger partial charge in [-0.3, -0.25) is 14.4 Å². The lowest BCUT2D eigenvalue weighted by Crippen LogP contribution is -2.56. The average Bonchev–Trinajstić information content (AvgIpc) is 2.84. The molecule has 39 heavy (non-hydrogen) atoms. The Morgan fingerprint density at radius 3 is 2.18 bits per heavy atom. The van der Waals surface area contributed by atoms with Crippen molar-refractivity contribution in [2.75, 3.05) is 0 Å². The van der Waals surface area contributed by atoms with Gasteiger partial charge in [-0.1, -0.05) is 44.4 Å². The SMILES string of the molecule is CCC(C)N(C(=O)C(CCC(N)=O)NC(=O)OC(C)(C)C)C(C(=O)NC1CCCCC1)c1c(C)cccc1C. The van der Waals surface area contributed by atoms with E-state index in [1.54, 1.807) is 25.7 Å². The molecule has 1 fully saturated rings. The van der Waals surface area contributed by atoms with Gasteiger partial charge in [0.15, 0.2) is 0 Å². The molecule has 1 aliphatic carbocycles. The summed E-state index contributed by atoms with van der Waals surface area (Å²) < 4.78 is 5.41. The van der Waals surface area contributed by atoms with E-state index in [2.05, 4.69) is 10.6 Å². The van der Waals surface area contributed by atoms with Gasteiger partial charge < -0.3 is 26.0 Å². The van der Waals surface area contributed by atoms with Crippen molar-refractivity contribution in [1.82, 2.24) is 15.5 Å². The number of aryl methyl sites for hydroxylation is 2. The predicted octanol–water partition coefficient (Wildman–Crippen LogP) is 4.58. The second kappa shape index (κ2) is 14.3. The molecule has 218 valence electrons. The van der Waals surface area contributed by atoms with Gasteiger partial charge in [0.05, 0.1) is 0 Å². The maximum Gasteiger partial charge on any atom is 0.408 e. The number of rotatable bonds is 11. The van der Waals surface area contributed by atoms with Crippen molar-refractivity contribution < 1.29 is 23.9 Å². The Morgan fingerprint density at radius 1 is 1.08 bits per heavy atom. The predicted molar refractivity (Wildman–Crippen MR) is 152 cm³/mol. The normalized spacial score (nSPS) is 16.5. The fourth-order valence-electron chi connectivity index (χ4n) is 5.15. The Balaban J connectivity index is 2.57. The summed E-state index contributed by atoms with van der Waals surface area (Å²) in [6.45, 7) is 12.9. The molecule has 3 atom stereocenters. The highest BCUT2D eigenvalue weighted by molar-refractivity contribution is 5.93. The number of amides is 4. The molecular weight excluding hydrogens is 496 g/mol. The van der Waals surface area contributed by atoms with Crippen LogP contribution in [0.3, 0.4) is 0 Å². The van der Waals surface area contributed by atoms with Crippen LogP contribution in [0.5, 0.6) is 0 Å². The van der Waals surface area contributed by atoms with Gasteiger partial charge in [0.25, 0.3) is 0 Å². The molecule has 0 bridgehead atoms. The van der Waals surface area contributed by atoms with Gasteiger partial charge >= 0.3 is 6.09 Å². The monoisotopic (exact) mass is 544 g/mol. The Bertz CT molecular complexity index is 993. The van der Waals surface area contributed by atoms with Crippen LogP contribution in [0.25, 0.3) is 0 Å². The highest BCUT2D eigenvalue weighted by atomic mass is 16.6. The summed E-state index contributed by atoms with van der Waals surface area (Å²) >= 11 is 0. The summed E-state index contributed by atoms with van der Waals surface area (Å²) in [6.07, 6.45) is 4.77. The van der Waals surface area contributed by atoms with Gasteiger partial charge in [-0.05, 0) is 83.9 Å². The van der Waals surface area contributed by atoms with Gasteiger partial charge in [-0.25, -0.2) is 4.79 Å². The first-order valence-electron chi connectivity index (χ1n) is 14.2. The first-order chi connectivity index (χ1) is 18.2. The quantitative estimate of drug-likeness (QED) is 0.375. The van der Waals surface area contributed by atoms with Gasteiger partial charge in [0, 0.05) is 18.5 Å². The highest BCUT2D eigenvalue weighted by Crippen LogP contribution is 2.32. The second-order valence-corrected chi connectivity index (χ2v) is 11.8. The molecule has 0 saturated heterocycles. The summed E-state index contributed by atoms with van der Waals surface area (Å²) in [5.41, 5.74) is 7.19. The molecule has 1 aromatic carbocycles. The third kappa shape index (κ3) is 9.55. The van der Waals surface area contributed by atoms with Crippen molar-refractivity contribution in [2.24, 2.45) is 5.73 Å². The third-order valence-electron chi connectivity index (χ3n) is 7.28. The van der Waals surface area contributed by atoms with E-state index in [1.165, 1.54) is 0 Å². The number of benzene rings is 1. The van der Waals surface area contributed by atoms with E-state index in [4.69, 9.17) is 10.5 Å². The fraction of sp³-hybridized carbons (Fsp3) is 0.667. The topological polar surface area (TPSA) is 131 Å². The Morgan fingerprint density at radius 2 is 1.67 bits per heavy atom. The largest absolute Gasteiger partial charge is 0.444 e. The number of hydrogen-bond donors (Lipinski definition) is 3. The van der Waals surface area contributed by atoms with E-state index in [9.17, 15) is 19.2 Å². The Labute approximate surface area is 233 Å². The molecule has 1 aliphatic rings. The molecule has 0 aromatic heterocycles. The van der Waals surface area contributed by atoms with Gasteiger partial charge in [-0.2, -0.15) is 0 Å². The molecule has 9 heteroatoms. The van der Waals surface area contributed by atoms with Gasteiger partial charge in [0.2, 0.25) is 17.7 Å². The first-order valence-corrected chi connectivity index (χ1v) is 14.2. The Hall–Kier alpha value is -3.10. The molecule has 3 unspecified atom stereocenters. The summed E-state index contributed by atoms with van der Waals surface area (Å²) in [5, 5.41) is 5.88. The Kier molecular flexibility index (Phi) is 11.8. The minimum atomic E-state index is -1.10. The zero-order valence-corrected chi connectivity index (χ0v) is 24.8. The molecule has 2 rings (SSSR count). The number of alkyl carbamates (subject to hydrolysis) is 1. The lowest BCUT2D eigenvalue weighted by atomic mass is 9.90. The van der Waals surface area contributed by atoms with Crippen LogP contribution in [-0.4, -0.2) is 52.4 Å². The van der Waals surface area contributed by atoms with Gasteiger partial charge in [0.1, 0.15) is 17.7 Å². The fourth-order valence-corrected chi connectivity index (χ4v) is 5.15. The molecule has 0 spiro atoms. The molecular formula is C30H48N4O5. The smallest absolute Gasteiger partial charge is 0.408 e. The molecule has 1 saturated carbocycles. The number of hydrogen-bond acceptors (Lipinski definition) is 5. The van der Waals surface area contributed by atoms with Crippen LogP contribution < -0.4 is 16.4 Å². The third-order valence-corrected chi connectivity index (χ3v) is 7.28. The summed E-state index contributed by atoms with van der Waals surface area (Å²) in [4.78, 5) is 54.4. The number of nitrogens with two attached hydrogens (primary N) is 1. The van der Waals surface area contributed by atoms with E-state index < -0.39 is 35.6 Å². The maximum absolute atomic E-state index is 14.3. The van der Waals surface area contributed by atoms with E-state index in [0.717, 1.165) is 48.8 Å². The lowest BCUT2D eigenvalue weighted by Gasteiger charge is -2.40. The maximum atomic E-state index is 14.3. The van der Waals surface area contributed by atoms with Crippen LogP contribution in [0.15, 0.2) is 18.2 Å². The standard InChI is InChI=1S/C30H48N4O5/c1-8-21(4)34(28(37)23(17-18-24(31)35)33-29(38)39-30(5,6)7)26(25-19(2)13-12-14-20(25)3)27(36)32-22-15-10-9-11-16-22/h12-14,21-23,26H,8-11,15-18H2,1-7H3,(H2,31,35)(H,32,36)(H,33,38). The highest BCUT2D eigenvalue weighted by Gasteiger charge is 2.40. The number of carbonyl (C=O) groups excluding carboxylic acids is 4. The number of nitrogens with zero attached hydrogens (tertiary/aromatic N) is 1. The first kappa shape index (κ1) is 32.1. The van der Waals surface area contributed by atoms with Crippen LogP contribution in [-0.2, 0) is 19.1 Å². The van der Waals surface area contributed by atoms with E-state index in [1.807, 2.05) is 45.9 Å². The molecule has 0 aliphatic heterocycles. The van der Waals surface area contributed by atoms with Crippen molar-refractivity contribution >= 4 is 23.8 Å². The minimum Gasteiger partial charge on any atom is -0.444 e. The molecule has 9 nitrogen and oxygen atoms in total.